The standard InChI is InChI=1S/C33H41N3O4S/c1-4-31(33(38)34-28-15-11-12-16-28)35(20-19-27-13-7-5-8-14-27)32(37)24-36(29-22-25(2)21-26(3)23-29)41(39,40)30-17-9-6-10-18-30/h5-10,13-14,17-18,21-23,28,31H,4,11-12,15-16,19-20,24H2,1-3H3,(H,34,38)/t31-/m1/s1. The lowest BCUT2D eigenvalue weighted by atomic mass is 10.1. The van der Waals surface area contributed by atoms with Crippen molar-refractivity contribution in [3.8, 4) is 0 Å². The van der Waals surface area contributed by atoms with Crippen molar-refractivity contribution in [3.05, 3.63) is 95.6 Å². The molecule has 0 aromatic heterocycles. The number of sulfonamides is 1. The summed E-state index contributed by atoms with van der Waals surface area (Å²) >= 11 is 0. The number of hydrogen-bond acceptors (Lipinski definition) is 4. The van der Waals surface area contributed by atoms with E-state index >= 15 is 0 Å². The molecule has 3 aromatic carbocycles. The van der Waals surface area contributed by atoms with Gasteiger partial charge in [0.15, 0.2) is 0 Å². The van der Waals surface area contributed by atoms with Gasteiger partial charge in [0.1, 0.15) is 12.6 Å². The molecule has 1 atom stereocenters. The third kappa shape index (κ3) is 7.76. The molecule has 3 aromatic rings. The van der Waals surface area contributed by atoms with E-state index in [0.717, 1.165) is 42.4 Å². The van der Waals surface area contributed by atoms with Gasteiger partial charge in [-0.1, -0.05) is 74.4 Å². The summed E-state index contributed by atoms with van der Waals surface area (Å²) in [7, 11) is -4.07. The fourth-order valence-corrected chi connectivity index (χ4v) is 7.03. The quantitative estimate of drug-likeness (QED) is 0.313. The lowest BCUT2D eigenvalue weighted by molar-refractivity contribution is -0.139. The molecule has 1 fully saturated rings. The van der Waals surface area contributed by atoms with Crippen molar-refractivity contribution >= 4 is 27.5 Å². The zero-order chi connectivity index (χ0) is 29.4. The molecular formula is C33H41N3O4S. The van der Waals surface area contributed by atoms with Gasteiger partial charge in [-0.05, 0) is 80.5 Å². The van der Waals surface area contributed by atoms with Crippen molar-refractivity contribution in [1.29, 1.82) is 0 Å². The van der Waals surface area contributed by atoms with Crippen LogP contribution in [0.2, 0.25) is 0 Å². The third-order valence-electron chi connectivity index (χ3n) is 7.68. The molecule has 7 nitrogen and oxygen atoms in total. The largest absolute Gasteiger partial charge is 0.352 e. The van der Waals surface area contributed by atoms with Crippen molar-refractivity contribution < 1.29 is 18.0 Å². The monoisotopic (exact) mass is 575 g/mol. The number of aryl methyl sites for hydroxylation is 2. The van der Waals surface area contributed by atoms with Crippen LogP contribution in [0.25, 0.3) is 0 Å². The summed E-state index contributed by atoms with van der Waals surface area (Å²) in [6.07, 6.45) is 5.02. The summed E-state index contributed by atoms with van der Waals surface area (Å²) in [5, 5.41) is 3.15. The molecule has 0 unspecified atom stereocenters. The number of carbonyl (C=O) groups is 2. The summed E-state index contributed by atoms with van der Waals surface area (Å²) in [6, 6.07) is 22.9. The Balaban J connectivity index is 1.69. The number of hydrogen-bond donors (Lipinski definition) is 1. The maximum absolute atomic E-state index is 14.2. The Labute approximate surface area is 244 Å². The van der Waals surface area contributed by atoms with Gasteiger partial charge in [0.2, 0.25) is 11.8 Å². The van der Waals surface area contributed by atoms with E-state index in [1.54, 1.807) is 35.2 Å². The van der Waals surface area contributed by atoms with Gasteiger partial charge >= 0.3 is 0 Å². The Kier molecular flexibility index (Phi) is 10.2. The summed E-state index contributed by atoms with van der Waals surface area (Å²) in [5.74, 6) is -0.585. The molecule has 0 heterocycles. The molecular weight excluding hydrogens is 534 g/mol. The number of nitrogens with one attached hydrogen (secondary N) is 1. The number of amides is 2. The first kappa shape index (κ1) is 30.3. The minimum absolute atomic E-state index is 0.105. The predicted molar refractivity (Wildman–Crippen MR) is 163 cm³/mol. The van der Waals surface area contributed by atoms with Gasteiger partial charge in [-0.3, -0.25) is 13.9 Å². The molecule has 1 aliphatic rings. The fraction of sp³-hybridized carbons (Fsp3) is 0.394. The van der Waals surface area contributed by atoms with Crippen molar-refractivity contribution in [2.45, 2.75) is 76.3 Å². The molecule has 4 rings (SSSR count). The van der Waals surface area contributed by atoms with Gasteiger partial charge in [0.05, 0.1) is 10.6 Å². The number of benzene rings is 3. The molecule has 8 heteroatoms. The molecule has 1 saturated carbocycles. The smallest absolute Gasteiger partial charge is 0.264 e. The van der Waals surface area contributed by atoms with Gasteiger partial charge in [-0.25, -0.2) is 8.42 Å². The first-order valence-corrected chi connectivity index (χ1v) is 15.9. The maximum atomic E-state index is 14.2. The summed E-state index contributed by atoms with van der Waals surface area (Å²) < 4.78 is 29.1. The highest BCUT2D eigenvalue weighted by Gasteiger charge is 2.34. The molecule has 0 radical (unpaired) electrons. The third-order valence-corrected chi connectivity index (χ3v) is 9.46. The first-order valence-electron chi connectivity index (χ1n) is 14.5. The highest BCUT2D eigenvalue weighted by molar-refractivity contribution is 7.92. The Bertz CT molecular complexity index is 1400. The van der Waals surface area contributed by atoms with Crippen LogP contribution in [0.3, 0.4) is 0 Å². The van der Waals surface area contributed by atoms with E-state index < -0.39 is 28.5 Å². The lowest BCUT2D eigenvalue weighted by Gasteiger charge is -2.34. The topological polar surface area (TPSA) is 86.8 Å². The second-order valence-corrected chi connectivity index (χ2v) is 12.8. The molecule has 2 amide bonds. The van der Waals surface area contributed by atoms with Crippen LogP contribution >= 0.6 is 0 Å². The molecule has 0 saturated heterocycles. The molecule has 0 spiro atoms. The molecule has 41 heavy (non-hydrogen) atoms. The molecule has 1 N–H and O–H groups in total. The van der Waals surface area contributed by atoms with Crippen LogP contribution in [0.1, 0.15) is 55.7 Å². The Morgan fingerprint density at radius 2 is 1.49 bits per heavy atom. The van der Waals surface area contributed by atoms with E-state index in [9.17, 15) is 18.0 Å². The Morgan fingerprint density at radius 3 is 2.07 bits per heavy atom. The molecule has 1 aliphatic carbocycles. The van der Waals surface area contributed by atoms with E-state index in [2.05, 4.69) is 5.32 Å². The van der Waals surface area contributed by atoms with Crippen LogP contribution in [-0.2, 0) is 26.0 Å². The van der Waals surface area contributed by atoms with E-state index in [-0.39, 0.29) is 16.8 Å². The van der Waals surface area contributed by atoms with Crippen molar-refractivity contribution in [2.24, 2.45) is 0 Å². The molecule has 218 valence electrons. The molecule has 0 aliphatic heterocycles. The Hall–Kier alpha value is -3.65. The van der Waals surface area contributed by atoms with E-state index in [4.69, 9.17) is 0 Å². The summed E-state index contributed by atoms with van der Waals surface area (Å²) in [6.45, 7) is 5.58. The SMILES string of the molecule is CC[C@H](C(=O)NC1CCCC1)N(CCc1ccccc1)C(=O)CN(c1cc(C)cc(C)c1)S(=O)(=O)c1ccccc1. The van der Waals surface area contributed by atoms with Crippen molar-refractivity contribution in [3.63, 3.8) is 0 Å². The second kappa shape index (κ2) is 13.8. The number of carbonyl (C=O) groups excluding carboxylic acids is 2. The average Bonchev–Trinajstić information content (AvgIpc) is 3.47. The van der Waals surface area contributed by atoms with Gasteiger partial charge < -0.3 is 10.2 Å². The lowest BCUT2D eigenvalue weighted by Crippen LogP contribution is -2.54. The predicted octanol–water partition coefficient (Wildman–Crippen LogP) is 5.41. The molecule has 0 bridgehead atoms. The maximum Gasteiger partial charge on any atom is 0.264 e. The summed E-state index contributed by atoms with van der Waals surface area (Å²) in [4.78, 5) is 29.4. The number of anilines is 1. The first-order chi connectivity index (χ1) is 19.7. The highest BCUT2D eigenvalue weighted by atomic mass is 32.2. The Morgan fingerprint density at radius 1 is 0.902 bits per heavy atom. The van der Waals surface area contributed by atoms with E-state index in [1.165, 1.54) is 16.4 Å². The minimum atomic E-state index is -4.07. The summed E-state index contributed by atoms with van der Waals surface area (Å²) in [5.41, 5.74) is 3.25. The van der Waals surface area contributed by atoms with Crippen molar-refractivity contribution in [1.82, 2.24) is 10.2 Å². The van der Waals surface area contributed by atoms with Gasteiger partial charge in [-0.15, -0.1) is 0 Å². The number of rotatable bonds is 12. The fourth-order valence-electron chi connectivity index (χ4n) is 5.61. The average molecular weight is 576 g/mol. The zero-order valence-corrected chi connectivity index (χ0v) is 25.1. The van der Waals surface area contributed by atoms with Crippen LogP contribution in [0.15, 0.2) is 83.8 Å². The van der Waals surface area contributed by atoms with Gasteiger partial charge in [-0.2, -0.15) is 0 Å². The zero-order valence-electron chi connectivity index (χ0n) is 24.3. The van der Waals surface area contributed by atoms with Crippen LogP contribution in [0, 0.1) is 13.8 Å². The second-order valence-electron chi connectivity index (χ2n) is 10.9. The normalized spacial score (nSPS) is 14.4. The van der Waals surface area contributed by atoms with Gasteiger partial charge in [0, 0.05) is 12.6 Å². The van der Waals surface area contributed by atoms with Crippen molar-refractivity contribution in [2.75, 3.05) is 17.4 Å². The minimum Gasteiger partial charge on any atom is -0.352 e. The highest BCUT2D eigenvalue weighted by Crippen LogP contribution is 2.27. The van der Waals surface area contributed by atoms with Crippen LogP contribution in [0.5, 0.6) is 0 Å². The van der Waals surface area contributed by atoms with Crippen LogP contribution < -0.4 is 9.62 Å². The number of nitrogens with zero attached hydrogens (tertiary/aromatic N) is 2. The van der Waals surface area contributed by atoms with E-state index in [0.29, 0.717) is 25.1 Å². The van der Waals surface area contributed by atoms with Crippen LogP contribution in [-0.4, -0.2) is 50.3 Å². The van der Waals surface area contributed by atoms with Crippen LogP contribution in [0.4, 0.5) is 5.69 Å². The van der Waals surface area contributed by atoms with E-state index in [1.807, 2.05) is 57.2 Å². The van der Waals surface area contributed by atoms with Gasteiger partial charge in [0.25, 0.3) is 10.0 Å².